The fourth-order valence-corrected chi connectivity index (χ4v) is 3.22. The first-order valence-electron chi connectivity index (χ1n) is 9.60. The predicted molar refractivity (Wildman–Crippen MR) is 109 cm³/mol. The van der Waals surface area contributed by atoms with E-state index in [-0.39, 0.29) is 11.8 Å². The lowest BCUT2D eigenvalue weighted by Gasteiger charge is -2.32. The normalized spacial score (nSPS) is 13.7. The fourth-order valence-electron chi connectivity index (χ4n) is 3.22. The third-order valence-corrected chi connectivity index (χ3v) is 4.98. The molecule has 0 spiro atoms. The summed E-state index contributed by atoms with van der Waals surface area (Å²) in [7, 11) is 1.62. The van der Waals surface area contributed by atoms with Crippen LogP contribution in [0.1, 0.15) is 26.3 Å². The van der Waals surface area contributed by atoms with Gasteiger partial charge >= 0.3 is 0 Å². The highest BCUT2D eigenvalue weighted by molar-refractivity contribution is 5.99. The summed E-state index contributed by atoms with van der Waals surface area (Å²) < 4.78 is 5.14. The number of carbonyl (C=O) groups is 3. The Morgan fingerprint density at radius 2 is 1.72 bits per heavy atom. The number of ether oxygens (including phenoxy) is 1. The van der Waals surface area contributed by atoms with Crippen LogP contribution in [-0.2, 0) is 11.2 Å². The van der Waals surface area contributed by atoms with Gasteiger partial charge in [-0.3, -0.25) is 14.4 Å². The van der Waals surface area contributed by atoms with E-state index in [0.29, 0.717) is 50.3 Å². The standard InChI is InChI=1S/C22H25N3O4/c1-29-20-7-5-17(6-8-20)9-10-23-21(27)18-3-2-4-19(15-18)22(28)25-13-11-24(16-26)12-14-25/h2-8,15-16H,9-14H2,1H3,(H,23,27). The van der Waals surface area contributed by atoms with Crippen molar-refractivity contribution in [2.24, 2.45) is 0 Å². The summed E-state index contributed by atoms with van der Waals surface area (Å²) in [4.78, 5) is 39.3. The van der Waals surface area contributed by atoms with Crippen molar-refractivity contribution in [3.8, 4) is 5.75 Å². The van der Waals surface area contributed by atoms with Crippen LogP contribution in [0.2, 0.25) is 0 Å². The molecule has 3 amide bonds. The van der Waals surface area contributed by atoms with Crippen LogP contribution in [0.3, 0.4) is 0 Å². The Morgan fingerprint density at radius 3 is 2.38 bits per heavy atom. The second-order valence-electron chi connectivity index (χ2n) is 6.87. The highest BCUT2D eigenvalue weighted by Gasteiger charge is 2.21. The third-order valence-electron chi connectivity index (χ3n) is 4.98. The highest BCUT2D eigenvalue weighted by Crippen LogP contribution is 2.12. The van der Waals surface area contributed by atoms with E-state index in [4.69, 9.17) is 4.74 Å². The smallest absolute Gasteiger partial charge is 0.253 e. The van der Waals surface area contributed by atoms with Crippen molar-refractivity contribution >= 4 is 18.2 Å². The Bertz CT molecular complexity index is 859. The average molecular weight is 395 g/mol. The largest absolute Gasteiger partial charge is 0.497 e. The number of hydrogen-bond donors (Lipinski definition) is 1. The molecule has 0 aromatic heterocycles. The van der Waals surface area contributed by atoms with Crippen molar-refractivity contribution < 1.29 is 19.1 Å². The Hall–Kier alpha value is -3.35. The second kappa shape index (κ2) is 9.73. The predicted octanol–water partition coefficient (Wildman–Crippen LogP) is 1.58. The molecule has 1 fully saturated rings. The minimum absolute atomic E-state index is 0.122. The van der Waals surface area contributed by atoms with E-state index < -0.39 is 0 Å². The first-order valence-corrected chi connectivity index (χ1v) is 9.60. The number of nitrogens with one attached hydrogen (secondary N) is 1. The van der Waals surface area contributed by atoms with Crippen LogP contribution in [0.5, 0.6) is 5.75 Å². The lowest BCUT2D eigenvalue weighted by atomic mass is 10.1. The molecule has 2 aromatic carbocycles. The van der Waals surface area contributed by atoms with Crippen molar-refractivity contribution in [1.82, 2.24) is 15.1 Å². The number of carbonyl (C=O) groups excluding carboxylic acids is 3. The molecule has 1 aliphatic heterocycles. The van der Waals surface area contributed by atoms with Crippen LogP contribution in [-0.4, -0.2) is 67.9 Å². The maximum Gasteiger partial charge on any atom is 0.253 e. The zero-order chi connectivity index (χ0) is 20.6. The van der Waals surface area contributed by atoms with Crippen LogP contribution < -0.4 is 10.1 Å². The molecule has 7 nitrogen and oxygen atoms in total. The first kappa shape index (κ1) is 20.4. The lowest BCUT2D eigenvalue weighted by Crippen LogP contribution is -2.48. The van der Waals surface area contributed by atoms with E-state index in [1.54, 1.807) is 41.2 Å². The molecular weight excluding hydrogens is 370 g/mol. The molecule has 29 heavy (non-hydrogen) atoms. The highest BCUT2D eigenvalue weighted by atomic mass is 16.5. The lowest BCUT2D eigenvalue weighted by molar-refractivity contribution is -0.119. The van der Waals surface area contributed by atoms with Gasteiger partial charge in [0.1, 0.15) is 5.75 Å². The maximum atomic E-state index is 12.7. The van der Waals surface area contributed by atoms with Gasteiger partial charge in [0.2, 0.25) is 6.41 Å². The zero-order valence-electron chi connectivity index (χ0n) is 16.5. The first-order chi connectivity index (χ1) is 14.1. The van der Waals surface area contributed by atoms with Gasteiger partial charge < -0.3 is 19.9 Å². The minimum atomic E-state index is -0.209. The van der Waals surface area contributed by atoms with Crippen molar-refractivity contribution in [2.45, 2.75) is 6.42 Å². The molecule has 0 saturated carbocycles. The Kier molecular flexibility index (Phi) is 6.84. The molecule has 0 atom stereocenters. The Balaban J connectivity index is 1.54. The van der Waals surface area contributed by atoms with Crippen LogP contribution in [0, 0.1) is 0 Å². The van der Waals surface area contributed by atoms with Gasteiger partial charge in [0.25, 0.3) is 11.8 Å². The Labute approximate surface area is 170 Å². The third kappa shape index (κ3) is 5.34. The number of methoxy groups -OCH3 is 1. The van der Waals surface area contributed by atoms with Crippen molar-refractivity contribution in [2.75, 3.05) is 39.8 Å². The van der Waals surface area contributed by atoms with Crippen molar-refractivity contribution in [3.63, 3.8) is 0 Å². The monoisotopic (exact) mass is 395 g/mol. The molecule has 152 valence electrons. The number of amides is 3. The molecule has 1 heterocycles. The number of rotatable bonds is 7. The molecule has 0 radical (unpaired) electrons. The molecule has 2 aromatic rings. The van der Waals surface area contributed by atoms with E-state index in [2.05, 4.69) is 5.32 Å². The van der Waals surface area contributed by atoms with Gasteiger partial charge in [0, 0.05) is 43.9 Å². The number of hydrogen-bond acceptors (Lipinski definition) is 4. The molecule has 1 saturated heterocycles. The molecule has 0 aliphatic carbocycles. The van der Waals surface area contributed by atoms with E-state index >= 15 is 0 Å². The number of benzene rings is 2. The van der Waals surface area contributed by atoms with Crippen LogP contribution in [0.15, 0.2) is 48.5 Å². The van der Waals surface area contributed by atoms with Crippen molar-refractivity contribution in [1.29, 1.82) is 0 Å². The summed E-state index contributed by atoms with van der Waals surface area (Å²) in [6, 6.07) is 14.5. The number of nitrogens with zero attached hydrogens (tertiary/aromatic N) is 2. The quantitative estimate of drug-likeness (QED) is 0.722. The van der Waals surface area contributed by atoms with E-state index in [1.807, 2.05) is 24.3 Å². The molecule has 0 unspecified atom stereocenters. The summed E-state index contributed by atoms with van der Waals surface area (Å²) in [6.07, 6.45) is 1.51. The molecule has 1 aliphatic rings. The van der Waals surface area contributed by atoms with Gasteiger partial charge in [0.15, 0.2) is 0 Å². The SMILES string of the molecule is COc1ccc(CCNC(=O)c2cccc(C(=O)N3CCN(C=O)CC3)c2)cc1. The molecule has 1 N–H and O–H groups in total. The van der Waals surface area contributed by atoms with Gasteiger partial charge in [-0.05, 0) is 42.3 Å². The zero-order valence-corrected chi connectivity index (χ0v) is 16.5. The number of piperazine rings is 1. The molecule has 0 bridgehead atoms. The van der Waals surface area contributed by atoms with Gasteiger partial charge in [0.05, 0.1) is 7.11 Å². The molecule has 7 heteroatoms. The average Bonchev–Trinajstić information content (AvgIpc) is 2.79. The summed E-state index contributed by atoms with van der Waals surface area (Å²) in [5.74, 6) is 0.467. The fraction of sp³-hybridized carbons (Fsp3) is 0.318. The summed E-state index contributed by atoms with van der Waals surface area (Å²) in [5.41, 5.74) is 2.04. The van der Waals surface area contributed by atoms with Gasteiger partial charge in [-0.1, -0.05) is 18.2 Å². The summed E-state index contributed by atoms with van der Waals surface area (Å²) in [6.45, 7) is 2.55. The molecular formula is C22H25N3O4. The van der Waals surface area contributed by atoms with E-state index in [0.717, 1.165) is 17.7 Å². The van der Waals surface area contributed by atoms with Gasteiger partial charge in [-0.2, -0.15) is 0 Å². The van der Waals surface area contributed by atoms with Crippen molar-refractivity contribution in [3.05, 3.63) is 65.2 Å². The second-order valence-corrected chi connectivity index (χ2v) is 6.87. The topological polar surface area (TPSA) is 79.0 Å². The van der Waals surface area contributed by atoms with E-state index in [9.17, 15) is 14.4 Å². The maximum absolute atomic E-state index is 12.7. The van der Waals surface area contributed by atoms with Crippen LogP contribution >= 0.6 is 0 Å². The summed E-state index contributed by atoms with van der Waals surface area (Å²) in [5, 5.41) is 2.89. The van der Waals surface area contributed by atoms with Gasteiger partial charge in [-0.25, -0.2) is 0 Å². The Morgan fingerprint density at radius 1 is 1.03 bits per heavy atom. The van der Waals surface area contributed by atoms with E-state index in [1.165, 1.54) is 0 Å². The van der Waals surface area contributed by atoms with Crippen LogP contribution in [0.25, 0.3) is 0 Å². The summed E-state index contributed by atoms with van der Waals surface area (Å²) >= 11 is 0. The van der Waals surface area contributed by atoms with Gasteiger partial charge in [-0.15, -0.1) is 0 Å². The molecule has 3 rings (SSSR count). The van der Waals surface area contributed by atoms with Crippen LogP contribution in [0.4, 0.5) is 0 Å². The minimum Gasteiger partial charge on any atom is -0.497 e.